The Morgan fingerprint density at radius 3 is 2.19 bits per heavy atom. The lowest BCUT2D eigenvalue weighted by Crippen LogP contribution is -2.51. The van der Waals surface area contributed by atoms with Crippen molar-refractivity contribution in [1.82, 2.24) is 5.32 Å². The molecule has 3 N–H and O–H groups in total. The summed E-state index contributed by atoms with van der Waals surface area (Å²) in [6, 6.07) is 0.483. The van der Waals surface area contributed by atoms with Gasteiger partial charge in [0.05, 0.1) is 0 Å². The van der Waals surface area contributed by atoms with E-state index in [-0.39, 0.29) is 11.4 Å². The van der Waals surface area contributed by atoms with Crippen molar-refractivity contribution in [2.75, 3.05) is 0 Å². The average molecular weight is 222 g/mol. The molecule has 0 unspecified atom stereocenters. The van der Waals surface area contributed by atoms with E-state index in [1.165, 1.54) is 32.1 Å². The van der Waals surface area contributed by atoms with E-state index < -0.39 is 0 Å². The first-order valence-electron chi connectivity index (χ1n) is 6.75. The maximum atomic E-state index is 11.9. The number of hydrogen-bond acceptors (Lipinski definition) is 2. The normalized spacial score (nSPS) is 27.6. The largest absolute Gasteiger partial charge is 0.353 e. The number of nitrogens with two attached hydrogens (primary N) is 1. The number of carbonyl (C=O) groups is 1. The zero-order valence-corrected chi connectivity index (χ0v) is 9.87. The van der Waals surface area contributed by atoms with Gasteiger partial charge in [-0.1, -0.05) is 0 Å². The Morgan fingerprint density at radius 1 is 1.25 bits per heavy atom. The van der Waals surface area contributed by atoms with Crippen molar-refractivity contribution in [3.63, 3.8) is 0 Å². The summed E-state index contributed by atoms with van der Waals surface area (Å²) in [5, 5.41) is 3.25. The van der Waals surface area contributed by atoms with Crippen LogP contribution in [0.5, 0.6) is 0 Å². The molecular formula is C13H22N2O. The molecule has 0 aliphatic heterocycles. The van der Waals surface area contributed by atoms with Crippen molar-refractivity contribution in [2.24, 2.45) is 17.6 Å². The molecule has 0 atom stereocenters. The van der Waals surface area contributed by atoms with Crippen LogP contribution < -0.4 is 11.1 Å². The fourth-order valence-corrected chi connectivity index (χ4v) is 2.90. The van der Waals surface area contributed by atoms with Crippen LogP contribution in [0.2, 0.25) is 0 Å². The standard InChI is InChI=1S/C13H22N2O/c14-13(6-1-7-13)8-11(16)15-12(9-2-3-9)10-4-5-10/h9-10,12H,1-8,14H2,(H,15,16). The van der Waals surface area contributed by atoms with Gasteiger partial charge in [-0.3, -0.25) is 4.79 Å². The predicted octanol–water partition coefficient (Wildman–Crippen LogP) is 1.56. The minimum absolute atomic E-state index is 0.165. The lowest BCUT2D eigenvalue weighted by Gasteiger charge is -2.37. The lowest BCUT2D eigenvalue weighted by molar-refractivity contribution is -0.124. The van der Waals surface area contributed by atoms with Gasteiger partial charge in [-0.15, -0.1) is 0 Å². The molecule has 3 heteroatoms. The van der Waals surface area contributed by atoms with Crippen molar-refractivity contribution in [3.05, 3.63) is 0 Å². The summed E-state index contributed by atoms with van der Waals surface area (Å²) < 4.78 is 0. The van der Waals surface area contributed by atoms with E-state index in [9.17, 15) is 4.79 Å². The zero-order valence-electron chi connectivity index (χ0n) is 9.87. The summed E-state index contributed by atoms with van der Waals surface area (Å²) in [7, 11) is 0. The molecule has 0 heterocycles. The van der Waals surface area contributed by atoms with Gasteiger partial charge in [0.1, 0.15) is 0 Å². The monoisotopic (exact) mass is 222 g/mol. The molecule has 3 aliphatic rings. The number of rotatable bonds is 5. The molecule has 0 aromatic carbocycles. The minimum Gasteiger partial charge on any atom is -0.353 e. The second-order valence-corrected chi connectivity index (χ2v) is 6.16. The summed E-state index contributed by atoms with van der Waals surface area (Å²) in [4.78, 5) is 11.9. The maximum Gasteiger partial charge on any atom is 0.222 e. The van der Waals surface area contributed by atoms with Crippen LogP contribution in [0, 0.1) is 11.8 Å². The van der Waals surface area contributed by atoms with Crippen molar-refractivity contribution in [2.45, 2.75) is 62.9 Å². The number of carbonyl (C=O) groups excluding carboxylic acids is 1. The summed E-state index contributed by atoms with van der Waals surface area (Å²) in [5.41, 5.74) is 5.94. The third kappa shape index (κ3) is 2.24. The van der Waals surface area contributed by atoms with E-state index in [4.69, 9.17) is 5.73 Å². The quantitative estimate of drug-likeness (QED) is 0.741. The Balaban J connectivity index is 1.50. The smallest absolute Gasteiger partial charge is 0.222 e. The van der Waals surface area contributed by atoms with Gasteiger partial charge in [-0.2, -0.15) is 0 Å². The van der Waals surface area contributed by atoms with Gasteiger partial charge < -0.3 is 11.1 Å². The molecule has 0 spiro atoms. The molecule has 16 heavy (non-hydrogen) atoms. The Labute approximate surface area is 97.2 Å². The number of nitrogens with one attached hydrogen (secondary N) is 1. The molecule has 0 radical (unpaired) electrons. The van der Waals surface area contributed by atoms with E-state index in [1.54, 1.807) is 0 Å². The van der Waals surface area contributed by atoms with E-state index >= 15 is 0 Å². The van der Waals surface area contributed by atoms with E-state index in [0.717, 1.165) is 24.7 Å². The van der Waals surface area contributed by atoms with Gasteiger partial charge in [0.15, 0.2) is 0 Å². The summed E-state index contributed by atoms with van der Waals surface area (Å²) in [6.45, 7) is 0. The molecule has 3 rings (SSSR count). The predicted molar refractivity (Wildman–Crippen MR) is 62.8 cm³/mol. The Morgan fingerprint density at radius 2 is 1.81 bits per heavy atom. The summed E-state index contributed by atoms with van der Waals surface area (Å²) in [6.07, 6.45) is 9.05. The van der Waals surface area contributed by atoms with Crippen molar-refractivity contribution in [3.8, 4) is 0 Å². The first-order valence-corrected chi connectivity index (χ1v) is 6.75. The fraction of sp³-hybridized carbons (Fsp3) is 0.923. The molecular weight excluding hydrogens is 200 g/mol. The lowest BCUT2D eigenvalue weighted by atomic mass is 9.75. The highest BCUT2D eigenvalue weighted by Gasteiger charge is 2.43. The topological polar surface area (TPSA) is 55.1 Å². The zero-order chi connectivity index (χ0) is 11.2. The van der Waals surface area contributed by atoms with Gasteiger partial charge in [-0.05, 0) is 56.8 Å². The highest BCUT2D eigenvalue weighted by Crippen LogP contribution is 2.44. The highest BCUT2D eigenvalue weighted by atomic mass is 16.1. The third-order valence-electron chi connectivity index (χ3n) is 4.45. The molecule has 0 bridgehead atoms. The van der Waals surface area contributed by atoms with Gasteiger partial charge in [0, 0.05) is 18.0 Å². The molecule has 3 nitrogen and oxygen atoms in total. The van der Waals surface area contributed by atoms with E-state index in [2.05, 4.69) is 5.32 Å². The van der Waals surface area contributed by atoms with E-state index in [0.29, 0.717) is 12.5 Å². The van der Waals surface area contributed by atoms with Crippen molar-refractivity contribution >= 4 is 5.91 Å². The molecule has 3 saturated carbocycles. The summed E-state index contributed by atoms with van der Waals surface area (Å²) in [5.74, 6) is 1.77. The van der Waals surface area contributed by atoms with Crippen LogP contribution in [0.15, 0.2) is 0 Å². The molecule has 0 saturated heterocycles. The average Bonchev–Trinajstić information content (AvgIpc) is 3.02. The first-order chi connectivity index (χ1) is 7.66. The van der Waals surface area contributed by atoms with Crippen LogP contribution in [0.4, 0.5) is 0 Å². The van der Waals surface area contributed by atoms with Crippen LogP contribution in [-0.4, -0.2) is 17.5 Å². The van der Waals surface area contributed by atoms with Crippen molar-refractivity contribution in [1.29, 1.82) is 0 Å². The first kappa shape index (κ1) is 10.6. The molecule has 3 fully saturated rings. The van der Waals surface area contributed by atoms with Crippen LogP contribution in [-0.2, 0) is 4.79 Å². The third-order valence-corrected chi connectivity index (χ3v) is 4.45. The van der Waals surface area contributed by atoms with Gasteiger partial charge >= 0.3 is 0 Å². The van der Waals surface area contributed by atoms with Gasteiger partial charge in [-0.25, -0.2) is 0 Å². The number of amides is 1. The second-order valence-electron chi connectivity index (χ2n) is 6.16. The fourth-order valence-electron chi connectivity index (χ4n) is 2.90. The Bertz CT molecular complexity index is 278. The van der Waals surface area contributed by atoms with Gasteiger partial charge in [0.25, 0.3) is 0 Å². The second kappa shape index (κ2) is 3.73. The molecule has 1 amide bonds. The summed E-state index contributed by atoms with van der Waals surface area (Å²) >= 11 is 0. The van der Waals surface area contributed by atoms with Crippen LogP contribution >= 0.6 is 0 Å². The molecule has 3 aliphatic carbocycles. The highest BCUT2D eigenvalue weighted by molar-refractivity contribution is 5.77. The SMILES string of the molecule is NC1(CC(=O)NC(C2CC2)C2CC2)CCC1. The van der Waals surface area contributed by atoms with E-state index in [1.807, 2.05) is 0 Å². The minimum atomic E-state index is -0.165. The molecule has 0 aromatic heterocycles. The molecule has 90 valence electrons. The Hall–Kier alpha value is -0.570. The van der Waals surface area contributed by atoms with Crippen LogP contribution in [0.1, 0.15) is 51.4 Å². The molecule has 0 aromatic rings. The van der Waals surface area contributed by atoms with Crippen LogP contribution in [0.3, 0.4) is 0 Å². The van der Waals surface area contributed by atoms with Crippen LogP contribution in [0.25, 0.3) is 0 Å². The van der Waals surface area contributed by atoms with Gasteiger partial charge in [0.2, 0.25) is 5.91 Å². The Kier molecular flexibility index (Phi) is 2.46. The number of hydrogen-bond donors (Lipinski definition) is 2. The maximum absolute atomic E-state index is 11.9. The van der Waals surface area contributed by atoms with Crippen molar-refractivity contribution < 1.29 is 4.79 Å².